The van der Waals surface area contributed by atoms with Gasteiger partial charge in [0.2, 0.25) is 5.91 Å². The number of nitrogens with one attached hydrogen (secondary N) is 1. The van der Waals surface area contributed by atoms with Gasteiger partial charge < -0.3 is 5.32 Å². The number of unbranched alkanes of at least 4 members (excludes halogenated alkanes) is 1. The summed E-state index contributed by atoms with van der Waals surface area (Å²) in [6.45, 7) is 2.95. The molecule has 3 rings (SSSR count). The van der Waals surface area contributed by atoms with Gasteiger partial charge >= 0.3 is 0 Å². The molecule has 27 heavy (non-hydrogen) atoms. The van der Waals surface area contributed by atoms with Crippen molar-refractivity contribution in [3.05, 3.63) is 35.4 Å². The van der Waals surface area contributed by atoms with Crippen molar-refractivity contribution in [1.82, 2.24) is 10.2 Å². The number of benzene rings is 1. The van der Waals surface area contributed by atoms with Crippen LogP contribution in [0.5, 0.6) is 0 Å². The minimum atomic E-state index is 0.231. The molecular weight excluding hydrogens is 374 g/mol. The monoisotopic (exact) mass is 403 g/mol. The highest BCUT2D eigenvalue weighted by Gasteiger charge is 2.21. The van der Waals surface area contributed by atoms with Gasteiger partial charge in [-0.3, -0.25) is 9.69 Å². The summed E-state index contributed by atoms with van der Waals surface area (Å²) in [5.74, 6) is 1.52. The number of likely N-dealkylation sites (tertiary alicyclic amines) is 1. The second kappa shape index (κ2) is 11.0. The van der Waals surface area contributed by atoms with Crippen molar-refractivity contribution in [1.29, 1.82) is 5.26 Å². The highest BCUT2D eigenvalue weighted by atomic mass is 33.1. The number of nitrogens with zero attached hydrogens (tertiary/aromatic N) is 2. The molecule has 0 aliphatic carbocycles. The van der Waals surface area contributed by atoms with Crippen LogP contribution in [0, 0.1) is 11.3 Å². The second-order valence-corrected chi connectivity index (χ2v) is 10.3. The molecular formula is C21H29N3OS2. The topological polar surface area (TPSA) is 56.1 Å². The molecule has 0 radical (unpaired) electrons. The average molecular weight is 404 g/mol. The molecule has 1 aromatic carbocycles. The van der Waals surface area contributed by atoms with Crippen molar-refractivity contribution in [2.24, 2.45) is 0 Å². The minimum Gasteiger partial charge on any atom is -0.353 e. The molecule has 6 heteroatoms. The number of piperidine rings is 1. The summed E-state index contributed by atoms with van der Waals surface area (Å²) >= 11 is 0. The van der Waals surface area contributed by atoms with Crippen LogP contribution in [-0.2, 0) is 11.3 Å². The molecule has 2 heterocycles. The number of carbonyl (C=O) groups excluding carboxylic acids is 1. The molecule has 1 N–H and O–H groups in total. The zero-order chi connectivity index (χ0) is 18.9. The van der Waals surface area contributed by atoms with Crippen molar-refractivity contribution >= 4 is 27.5 Å². The van der Waals surface area contributed by atoms with E-state index in [4.69, 9.17) is 5.26 Å². The Morgan fingerprint density at radius 1 is 1.19 bits per heavy atom. The predicted molar refractivity (Wildman–Crippen MR) is 115 cm³/mol. The van der Waals surface area contributed by atoms with Crippen molar-refractivity contribution in [3.63, 3.8) is 0 Å². The third-order valence-corrected chi connectivity index (χ3v) is 8.36. The molecule has 2 fully saturated rings. The smallest absolute Gasteiger partial charge is 0.220 e. The van der Waals surface area contributed by atoms with Crippen molar-refractivity contribution in [3.8, 4) is 6.07 Å². The Kier molecular flexibility index (Phi) is 8.37. The molecule has 0 saturated carbocycles. The molecule has 1 atom stereocenters. The van der Waals surface area contributed by atoms with Crippen molar-refractivity contribution < 1.29 is 4.79 Å². The fraction of sp³-hybridized carbons (Fsp3) is 0.619. The summed E-state index contributed by atoms with van der Waals surface area (Å²) in [5.41, 5.74) is 1.95. The van der Waals surface area contributed by atoms with E-state index in [1.54, 1.807) is 0 Å². The maximum atomic E-state index is 12.2. The summed E-state index contributed by atoms with van der Waals surface area (Å²) in [4.78, 5) is 14.6. The van der Waals surface area contributed by atoms with E-state index >= 15 is 0 Å². The highest BCUT2D eigenvalue weighted by molar-refractivity contribution is 8.77. The predicted octanol–water partition coefficient (Wildman–Crippen LogP) is 4.35. The first kappa shape index (κ1) is 20.6. The minimum absolute atomic E-state index is 0.231. The van der Waals surface area contributed by atoms with Gasteiger partial charge in [-0.05, 0) is 49.8 Å². The maximum Gasteiger partial charge on any atom is 0.220 e. The lowest BCUT2D eigenvalue weighted by Crippen LogP contribution is -2.44. The van der Waals surface area contributed by atoms with Gasteiger partial charge in [0.05, 0.1) is 11.6 Å². The molecule has 1 unspecified atom stereocenters. The van der Waals surface area contributed by atoms with Crippen LogP contribution < -0.4 is 5.32 Å². The van der Waals surface area contributed by atoms with E-state index in [9.17, 15) is 4.79 Å². The standard InChI is InChI=1S/C21H29N3OS2/c22-15-17-5-7-18(8-6-17)16-24-12-9-19(10-13-24)23-21(25)4-2-1-3-20-11-14-26-27-20/h5-8,19-20H,1-4,9-14,16H2,(H,23,25). The first-order valence-corrected chi connectivity index (χ1v) is 12.4. The van der Waals surface area contributed by atoms with Crippen LogP contribution >= 0.6 is 21.6 Å². The Balaban J connectivity index is 1.28. The molecule has 4 nitrogen and oxygen atoms in total. The van der Waals surface area contributed by atoms with Crippen LogP contribution in [0.3, 0.4) is 0 Å². The summed E-state index contributed by atoms with van der Waals surface area (Å²) in [5, 5.41) is 12.9. The highest BCUT2D eigenvalue weighted by Crippen LogP contribution is 2.39. The molecule has 0 spiro atoms. The summed E-state index contributed by atoms with van der Waals surface area (Å²) < 4.78 is 0. The van der Waals surface area contributed by atoms with E-state index in [2.05, 4.69) is 16.3 Å². The quantitative estimate of drug-likeness (QED) is 0.516. The van der Waals surface area contributed by atoms with Gasteiger partial charge in [-0.2, -0.15) is 5.26 Å². The molecule has 0 aromatic heterocycles. The maximum absolute atomic E-state index is 12.2. The SMILES string of the molecule is N#Cc1ccc(CN2CCC(NC(=O)CCCCC3CCSS3)CC2)cc1. The normalized spacial score (nSPS) is 21.1. The lowest BCUT2D eigenvalue weighted by atomic mass is 10.0. The lowest BCUT2D eigenvalue weighted by molar-refractivity contribution is -0.122. The zero-order valence-corrected chi connectivity index (χ0v) is 17.5. The van der Waals surface area contributed by atoms with Crippen molar-refractivity contribution in [2.75, 3.05) is 18.8 Å². The molecule has 2 aliphatic rings. The summed E-state index contributed by atoms with van der Waals surface area (Å²) in [7, 11) is 4.02. The Morgan fingerprint density at radius 2 is 1.96 bits per heavy atom. The van der Waals surface area contributed by atoms with Gasteiger partial charge in [0.15, 0.2) is 0 Å². The fourth-order valence-electron chi connectivity index (χ4n) is 3.70. The van der Waals surface area contributed by atoms with Crippen LogP contribution in [0.25, 0.3) is 0 Å². The Hall–Kier alpha value is -1.16. The van der Waals surface area contributed by atoms with E-state index in [0.29, 0.717) is 18.0 Å². The fourth-order valence-corrected chi connectivity index (χ4v) is 6.73. The van der Waals surface area contributed by atoms with E-state index in [1.807, 2.05) is 45.9 Å². The third kappa shape index (κ3) is 7.06. The number of hydrogen-bond acceptors (Lipinski definition) is 5. The molecule has 146 valence electrons. The van der Waals surface area contributed by atoms with E-state index in [-0.39, 0.29) is 5.91 Å². The second-order valence-electron chi connectivity index (χ2n) is 7.50. The molecule has 2 saturated heterocycles. The Morgan fingerprint density at radius 3 is 2.63 bits per heavy atom. The van der Waals surface area contributed by atoms with Gasteiger partial charge in [-0.1, -0.05) is 40.1 Å². The van der Waals surface area contributed by atoms with Crippen LogP contribution in [0.2, 0.25) is 0 Å². The molecule has 1 amide bonds. The van der Waals surface area contributed by atoms with Crippen LogP contribution in [0.4, 0.5) is 0 Å². The zero-order valence-electron chi connectivity index (χ0n) is 15.9. The Bertz CT molecular complexity index is 630. The molecule has 0 bridgehead atoms. The van der Waals surface area contributed by atoms with Gasteiger partial charge in [0.25, 0.3) is 0 Å². The van der Waals surface area contributed by atoms with E-state index < -0.39 is 0 Å². The van der Waals surface area contributed by atoms with Crippen LogP contribution in [-0.4, -0.2) is 40.9 Å². The molecule has 1 aromatic rings. The Labute approximate surface area is 170 Å². The number of carbonyl (C=O) groups is 1. The number of rotatable bonds is 8. The van der Waals surface area contributed by atoms with Gasteiger partial charge in [0.1, 0.15) is 0 Å². The summed E-state index contributed by atoms with van der Waals surface area (Å²) in [6, 6.07) is 10.3. The molecule has 2 aliphatic heterocycles. The van der Waals surface area contributed by atoms with Gasteiger partial charge in [-0.15, -0.1) is 0 Å². The average Bonchev–Trinajstić information content (AvgIpc) is 3.21. The lowest BCUT2D eigenvalue weighted by Gasteiger charge is -2.32. The first-order chi connectivity index (χ1) is 13.2. The van der Waals surface area contributed by atoms with Gasteiger partial charge in [0, 0.05) is 43.1 Å². The van der Waals surface area contributed by atoms with E-state index in [0.717, 1.165) is 44.1 Å². The number of nitriles is 1. The third-order valence-electron chi connectivity index (χ3n) is 5.35. The van der Waals surface area contributed by atoms with E-state index in [1.165, 1.54) is 30.6 Å². The van der Waals surface area contributed by atoms with Crippen molar-refractivity contribution in [2.45, 2.75) is 62.8 Å². The number of amides is 1. The van der Waals surface area contributed by atoms with Crippen LogP contribution in [0.15, 0.2) is 24.3 Å². The van der Waals surface area contributed by atoms with Gasteiger partial charge in [-0.25, -0.2) is 0 Å². The largest absolute Gasteiger partial charge is 0.353 e. The number of hydrogen-bond donors (Lipinski definition) is 1. The summed E-state index contributed by atoms with van der Waals surface area (Å²) in [6.07, 6.45) is 7.52. The van der Waals surface area contributed by atoms with Crippen LogP contribution in [0.1, 0.15) is 56.1 Å². The first-order valence-electron chi connectivity index (χ1n) is 10.0.